The van der Waals surface area contributed by atoms with E-state index in [1.165, 1.54) is 0 Å². The van der Waals surface area contributed by atoms with Crippen molar-refractivity contribution in [3.63, 3.8) is 0 Å². The highest BCUT2D eigenvalue weighted by molar-refractivity contribution is 5.96. The van der Waals surface area contributed by atoms with Gasteiger partial charge in [0.2, 0.25) is 5.95 Å². The van der Waals surface area contributed by atoms with Gasteiger partial charge < -0.3 is 15.5 Å². The summed E-state index contributed by atoms with van der Waals surface area (Å²) >= 11 is 0. The molecule has 1 aliphatic heterocycles. The first-order valence-electron chi connectivity index (χ1n) is 8.01. The molecule has 0 radical (unpaired) electrons. The Balaban J connectivity index is 1.59. The van der Waals surface area contributed by atoms with Gasteiger partial charge in [0.25, 0.3) is 5.91 Å². The number of rotatable bonds is 4. The summed E-state index contributed by atoms with van der Waals surface area (Å²) in [5.74, 6) is 0.375. The van der Waals surface area contributed by atoms with E-state index < -0.39 is 0 Å². The maximum absolute atomic E-state index is 12.4. The van der Waals surface area contributed by atoms with Crippen LogP contribution in [0, 0.1) is 11.5 Å². The van der Waals surface area contributed by atoms with Crippen molar-refractivity contribution < 1.29 is 4.79 Å². The molecule has 1 aromatic heterocycles. The highest BCUT2D eigenvalue weighted by atomic mass is 16.1. The summed E-state index contributed by atoms with van der Waals surface area (Å²) in [4.78, 5) is 22.2. The van der Waals surface area contributed by atoms with E-state index in [-0.39, 0.29) is 11.9 Å². The molecule has 1 amide bonds. The van der Waals surface area contributed by atoms with E-state index in [0.29, 0.717) is 24.6 Å². The van der Waals surface area contributed by atoms with Crippen molar-refractivity contribution in [3.8, 4) is 6.19 Å². The minimum absolute atomic E-state index is 0.0128. The minimum Gasteiger partial charge on any atom is -0.347 e. The highest BCUT2D eigenvalue weighted by Gasteiger charge is 2.23. The van der Waals surface area contributed by atoms with E-state index in [4.69, 9.17) is 5.26 Å². The molecule has 2 aliphatic rings. The van der Waals surface area contributed by atoms with Gasteiger partial charge in [-0.05, 0) is 36.8 Å². The molecule has 126 valence electrons. The molecule has 25 heavy (non-hydrogen) atoms. The summed E-state index contributed by atoms with van der Waals surface area (Å²) in [6.45, 7) is 1.26. The van der Waals surface area contributed by atoms with Crippen LogP contribution in [0.2, 0.25) is 0 Å². The van der Waals surface area contributed by atoms with Gasteiger partial charge in [-0.25, -0.2) is 9.97 Å². The van der Waals surface area contributed by atoms with Crippen molar-refractivity contribution in [2.45, 2.75) is 12.5 Å². The number of nitrogens with one attached hydrogen (secondary N) is 2. The van der Waals surface area contributed by atoms with E-state index >= 15 is 0 Å². The van der Waals surface area contributed by atoms with Crippen molar-refractivity contribution in [2.24, 2.45) is 0 Å². The monoisotopic (exact) mass is 334 g/mol. The molecule has 0 unspecified atom stereocenters. The number of likely N-dealkylation sites (tertiary alicyclic amines) is 1. The standard InChI is InChI=1S/C18H18N6O/c19-13-24-11-8-16(12-24)22-17(25)14-4-1-6-15(7-2-5-14)23-18-20-9-3-10-21-18/h1-7,9-10,16H,8,11-12H2,(H,22,25)(H,20,21,23)/b4-1?,5-2?,6-1-,7-2?,14-4?,14-5?,15-6?,15-7+/t16-/m1/s1. The zero-order chi connectivity index (χ0) is 17.5. The van der Waals surface area contributed by atoms with Gasteiger partial charge in [0.15, 0.2) is 6.19 Å². The number of hydrogen-bond acceptors (Lipinski definition) is 6. The molecule has 1 aliphatic carbocycles. The summed E-state index contributed by atoms with van der Waals surface area (Å²) < 4.78 is 0. The predicted molar refractivity (Wildman–Crippen MR) is 93.8 cm³/mol. The average molecular weight is 334 g/mol. The van der Waals surface area contributed by atoms with E-state index in [0.717, 1.165) is 12.1 Å². The Bertz CT molecular complexity index is 788. The van der Waals surface area contributed by atoms with Gasteiger partial charge in [-0.1, -0.05) is 12.2 Å². The van der Waals surface area contributed by atoms with Crippen LogP contribution in [0.1, 0.15) is 6.42 Å². The molecular formula is C18H18N6O. The first kappa shape index (κ1) is 16.5. The smallest absolute Gasteiger partial charge is 0.251 e. The van der Waals surface area contributed by atoms with Crippen LogP contribution < -0.4 is 10.6 Å². The molecule has 0 bridgehead atoms. The first-order chi connectivity index (χ1) is 12.2. The number of allylic oxidation sites excluding steroid dienone is 5. The van der Waals surface area contributed by atoms with Crippen molar-refractivity contribution in [2.75, 3.05) is 18.4 Å². The lowest BCUT2D eigenvalue weighted by Crippen LogP contribution is -2.37. The van der Waals surface area contributed by atoms with E-state index in [9.17, 15) is 4.79 Å². The number of nitrogens with zero attached hydrogens (tertiary/aromatic N) is 4. The third-order valence-corrected chi connectivity index (χ3v) is 3.85. The molecule has 1 atom stereocenters. The number of nitriles is 1. The second-order valence-corrected chi connectivity index (χ2v) is 5.66. The fraction of sp³-hybridized carbons (Fsp3) is 0.222. The van der Waals surface area contributed by atoms with Gasteiger partial charge in [-0.15, -0.1) is 0 Å². The predicted octanol–water partition coefficient (Wildman–Crippen LogP) is 1.50. The molecule has 7 nitrogen and oxygen atoms in total. The summed E-state index contributed by atoms with van der Waals surface area (Å²) in [7, 11) is 0. The van der Waals surface area contributed by atoms with E-state index in [1.807, 2.05) is 12.2 Å². The van der Waals surface area contributed by atoms with Crippen LogP contribution >= 0.6 is 0 Å². The summed E-state index contributed by atoms with van der Waals surface area (Å²) in [5, 5.41) is 14.9. The Labute approximate surface area is 146 Å². The zero-order valence-electron chi connectivity index (χ0n) is 13.6. The fourth-order valence-corrected chi connectivity index (χ4v) is 2.59. The van der Waals surface area contributed by atoms with E-state index in [2.05, 4.69) is 26.8 Å². The van der Waals surface area contributed by atoms with Crippen LogP contribution in [0.4, 0.5) is 5.95 Å². The molecule has 2 heterocycles. The minimum atomic E-state index is -0.137. The Hall–Kier alpha value is -3.40. The van der Waals surface area contributed by atoms with Crippen LogP contribution in [0.3, 0.4) is 0 Å². The molecule has 7 heteroatoms. The largest absolute Gasteiger partial charge is 0.347 e. The van der Waals surface area contributed by atoms with Crippen molar-refractivity contribution in [3.05, 3.63) is 66.2 Å². The first-order valence-corrected chi connectivity index (χ1v) is 8.01. The van der Waals surface area contributed by atoms with E-state index in [1.54, 1.807) is 47.7 Å². The van der Waals surface area contributed by atoms with Crippen molar-refractivity contribution >= 4 is 11.9 Å². The van der Waals surface area contributed by atoms with Crippen LogP contribution in [0.15, 0.2) is 66.2 Å². The second-order valence-electron chi connectivity index (χ2n) is 5.66. The van der Waals surface area contributed by atoms with Crippen LogP contribution in [0.5, 0.6) is 0 Å². The average Bonchev–Trinajstić information content (AvgIpc) is 3.05. The Morgan fingerprint density at radius 1 is 1.24 bits per heavy atom. The van der Waals surface area contributed by atoms with Crippen molar-refractivity contribution in [1.29, 1.82) is 5.26 Å². The van der Waals surface area contributed by atoms with Gasteiger partial charge in [0, 0.05) is 42.8 Å². The molecule has 1 aromatic rings. The second kappa shape index (κ2) is 7.93. The molecule has 1 saturated heterocycles. The molecular weight excluding hydrogens is 316 g/mol. The Morgan fingerprint density at radius 3 is 2.80 bits per heavy atom. The summed E-state index contributed by atoms with van der Waals surface area (Å²) in [6, 6.07) is 1.76. The Kier molecular flexibility index (Phi) is 5.22. The molecule has 0 saturated carbocycles. The maximum Gasteiger partial charge on any atom is 0.251 e. The van der Waals surface area contributed by atoms with Crippen LogP contribution in [-0.4, -0.2) is 39.9 Å². The number of carbonyl (C=O) groups excluding carboxylic acids is 1. The fourth-order valence-electron chi connectivity index (χ4n) is 2.59. The highest BCUT2D eigenvalue weighted by Crippen LogP contribution is 2.11. The van der Waals surface area contributed by atoms with Gasteiger partial charge >= 0.3 is 0 Å². The maximum atomic E-state index is 12.4. The Morgan fingerprint density at radius 2 is 2.04 bits per heavy atom. The number of amides is 1. The van der Waals surface area contributed by atoms with Crippen LogP contribution in [0.25, 0.3) is 0 Å². The molecule has 3 rings (SSSR count). The van der Waals surface area contributed by atoms with Gasteiger partial charge in [-0.3, -0.25) is 4.79 Å². The number of aromatic nitrogens is 2. The lowest BCUT2D eigenvalue weighted by Gasteiger charge is -2.13. The summed E-state index contributed by atoms with van der Waals surface area (Å²) in [6.07, 6.45) is 17.0. The molecule has 2 N–H and O–H groups in total. The third kappa shape index (κ3) is 4.54. The van der Waals surface area contributed by atoms with Gasteiger partial charge in [-0.2, -0.15) is 5.26 Å². The molecule has 1 fully saturated rings. The van der Waals surface area contributed by atoms with Gasteiger partial charge in [0.05, 0.1) is 0 Å². The quantitative estimate of drug-likeness (QED) is 0.811. The van der Waals surface area contributed by atoms with Gasteiger partial charge in [0.1, 0.15) is 0 Å². The third-order valence-electron chi connectivity index (χ3n) is 3.85. The number of hydrogen-bond donors (Lipinski definition) is 2. The lowest BCUT2D eigenvalue weighted by molar-refractivity contribution is -0.117. The SMILES string of the molecule is N#CN1CC[C@@H](NC(=O)C2=C/C=C\C(Nc3ncccn3)=C/C=C2)C1. The van der Waals surface area contributed by atoms with Crippen molar-refractivity contribution in [1.82, 2.24) is 20.2 Å². The number of anilines is 1. The zero-order valence-corrected chi connectivity index (χ0v) is 13.6. The number of carbonyl (C=O) groups is 1. The molecule has 0 aromatic carbocycles. The topological polar surface area (TPSA) is 93.9 Å². The normalized spacial score (nSPS) is 22.7. The molecule has 0 spiro atoms. The van der Waals surface area contributed by atoms with Crippen LogP contribution in [-0.2, 0) is 4.79 Å². The summed E-state index contributed by atoms with van der Waals surface area (Å²) in [5.41, 5.74) is 1.39. The lowest BCUT2D eigenvalue weighted by atomic mass is 10.1.